The predicted molar refractivity (Wildman–Crippen MR) is 89.7 cm³/mol. The van der Waals surface area contributed by atoms with Gasteiger partial charge in [0.2, 0.25) is 0 Å². The monoisotopic (exact) mass is 296 g/mol. The zero-order valence-electron chi connectivity index (χ0n) is 14.3. The fraction of sp³-hybridized carbons (Fsp3) is 1.00. The van der Waals surface area contributed by atoms with Crippen molar-refractivity contribution < 1.29 is 4.74 Å². The van der Waals surface area contributed by atoms with E-state index >= 15 is 0 Å². The normalized spacial score (nSPS) is 27.0. The van der Waals surface area contributed by atoms with E-state index in [1.54, 1.807) is 0 Å². The molecule has 0 radical (unpaired) electrons. The highest BCUT2D eigenvalue weighted by Crippen LogP contribution is 2.28. The highest BCUT2D eigenvalue weighted by Gasteiger charge is 2.33. The average molecular weight is 296 g/mol. The third kappa shape index (κ3) is 6.25. The van der Waals surface area contributed by atoms with Crippen molar-refractivity contribution in [2.75, 3.05) is 32.8 Å². The van der Waals surface area contributed by atoms with Gasteiger partial charge in [0.15, 0.2) is 0 Å². The summed E-state index contributed by atoms with van der Waals surface area (Å²) in [5.41, 5.74) is 0. The van der Waals surface area contributed by atoms with Gasteiger partial charge in [-0.3, -0.25) is 4.90 Å². The van der Waals surface area contributed by atoms with E-state index in [-0.39, 0.29) is 0 Å². The minimum Gasteiger partial charge on any atom is -0.375 e. The Morgan fingerprint density at radius 1 is 1.10 bits per heavy atom. The zero-order valence-corrected chi connectivity index (χ0v) is 14.3. The van der Waals surface area contributed by atoms with Crippen LogP contribution in [0.15, 0.2) is 0 Å². The topological polar surface area (TPSA) is 24.5 Å². The summed E-state index contributed by atoms with van der Waals surface area (Å²) in [5, 5.41) is 3.54. The lowest BCUT2D eigenvalue weighted by atomic mass is 9.90. The quantitative estimate of drug-likeness (QED) is 0.660. The van der Waals surface area contributed by atoms with Gasteiger partial charge in [0.05, 0.1) is 12.7 Å². The molecule has 1 saturated heterocycles. The Labute approximate surface area is 131 Å². The lowest BCUT2D eigenvalue weighted by molar-refractivity contribution is -0.0882. The molecule has 2 atom stereocenters. The van der Waals surface area contributed by atoms with Crippen molar-refractivity contribution in [1.82, 2.24) is 10.2 Å². The van der Waals surface area contributed by atoms with E-state index in [0.717, 1.165) is 31.7 Å². The van der Waals surface area contributed by atoms with Gasteiger partial charge in [-0.05, 0) is 51.2 Å². The molecule has 0 bridgehead atoms. The molecule has 0 spiro atoms. The molecule has 0 amide bonds. The minimum absolute atomic E-state index is 0.549. The molecule has 2 rings (SSSR count). The lowest BCUT2D eigenvalue weighted by Crippen LogP contribution is -2.52. The highest BCUT2D eigenvalue weighted by atomic mass is 16.5. The first kappa shape index (κ1) is 17.2. The SMILES string of the molecule is CC(C)CNCCCCCCN1CCOC2CCCCC21. The fourth-order valence-electron chi connectivity index (χ4n) is 3.76. The van der Waals surface area contributed by atoms with Gasteiger partial charge < -0.3 is 10.1 Å². The standard InChI is InChI=1S/C18H36N2O/c1-16(2)15-19-11-7-3-4-8-12-20-13-14-21-18-10-6-5-9-17(18)20/h16-19H,3-15H2,1-2H3. The van der Waals surface area contributed by atoms with E-state index in [9.17, 15) is 0 Å². The number of hydrogen-bond acceptors (Lipinski definition) is 3. The third-order valence-corrected chi connectivity index (χ3v) is 4.95. The Morgan fingerprint density at radius 2 is 1.90 bits per heavy atom. The van der Waals surface area contributed by atoms with Crippen molar-refractivity contribution >= 4 is 0 Å². The van der Waals surface area contributed by atoms with E-state index in [1.807, 2.05) is 0 Å². The highest BCUT2D eigenvalue weighted by molar-refractivity contribution is 4.87. The van der Waals surface area contributed by atoms with Gasteiger partial charge in [-0.25, -0.2) is 0 Å². The summed E-state index contributed by atoms with van der Waals surface area (Å²) >= 11 is 0. The molecule has 0 aromatic rings. The number of nitrogens with one attached hydrogen (secondary N) is 1. The van der Waals surface area contributed by atoms with Crippen molar-refractivity contribution in [3.8, 4) is 0 Å². The summed E-state index contributed by atoms with van der Waals surface area (Å²) in [6.45, 7) is 10.3. The van der Waals surface area contributed by atoms with Crippen LogP contribution in [0.5, 0.6) is 0 Å². The molecular weight excluding hydrogens is 260 g/mol. The van der Waals surface area contributed by atoms with E-state index in [4.69, 9.17) is 4.74 Å². The number of hydrogen-bond donors (Lipinski definition) is 1. The zero-order chi connectivity index (χ0) is 14.9. The van der Waals surface area contributed by atoms with Gasteiger partial charge in [0.25, 0.3) is 0 Å². The van der Waals surface area contributed by atoms with Crippen molar-refractivity contribution in [1.29, 1.82) is 0 Å². The number of ether oxygens (including phenoxy) is 1. The Kier molecular flexibility index (Phi) is 8.05. The second-order valence-electron chi connectivity index (χ2n) is 7.31. The third-order valence-electron chi connectivity index (χ3n) is 4.95. The molecule has 2 aliphatic rings. The first-order valence-electron chi connectivity index (χ1n) is 9.33. The molecule has 3 heteroatoms. The molecule has 124 valence electrons. The summed E-state index contributed by atoms with van der Waals surface area (Å²) in [5.74, 6) is 0.773. The smallest absolute Gasteiger partial charge is 0.0730 e. The molecule has 21 heavy (non-hydrogen) atoms. The molecule has 0 aromatic heterocycles. The number of fused-ring (bicyclic) bond motifs is 1. The van der Waals surface area contributed by atoms with Crippen LogP contribution in [0.25, 0.3) is 0 Å². The molecule has 1 aliphatic heterocycles. The maximum absolute atomic E-state index is 5.95. The molecule has 1 heterocycles. The first-order valence-corrected chi connectivity index (χ1v) is 9.33. The van der Waals surface area contributed by atoms with E-state index < -0.39 is 0 Å². The average Bonchev–Trinajstić information content (AvgIpc) is 2.50. The van der Waals surface area contributed by atoms with Crippen LogP contribution in [-0.4, -0.2) is 49.8 Å². The van der Waals surface area contributed by atoms with Crippen molar-refractivity contribution in [3.05, 3.63) is 0 Å². The molecule has 1 N–H and O–H groups in total. The molecule has 1 saturated carbocycles. The van der Waals surface area contributed by atoms with Crippen molar-refractivity contribution in [2.24, 2.45) is 5.92 Å². The van der Waals surface area contributed by atoms with E-state index in [0.29, 0.717) is 6.10 Å². The number of nitrogens with zero attached hydrogens (tertiary/aromatic N) is 1. The van der Waals surface area contributed by atoms with Crippen LogP contribution in [0.1, 0.15) is 65.2 Å². The van der Waals surface area contributed by atoms with Crippen molar-refractivity contribution in [3.63, 3.8) is 0 Å². The molecule has 2 unspecified atom stereocenters. The minimum atomic E-state index is 0.549. The molecule has 0 aromatic carbocycles. The predicted octanol–water partition coefficient (Wildman–Crippen LogP) is 3.44. The first-order chi connectivity index (χ1) is 10.3. The second-order valence-corrected chi connectivity index (χ2v) is 7.31. The molecular formula is C18H36N2O. The molecule has 2 fully saturated rings. The van der Waals surface area contributed by atoms with Crippen LogP contribution in [0, 0.1) is 5.92 Å². The fourth-order valence-corrected chi connectivity index (χ4v) is 3.76. The van der Waals surface area contributed by atoms with E-state index in [2.05, 4.69) is 24.1 Å². The Hall–Kier alpha value is -0.120. The largest absolute Gasteiger partial charge is 0.375 e. The maximum Gasteiger partial charge on any atom is 0.0730 e. The maximum atomic E-state index is 5.95. The Bertz CT molecular complexity index is 268. The summed E-state index contributed by atoms with van der Waals surface area (Å²) < 4.78 is 5.95. The van der Waals surface area contributed by atoms with Crippen LogP contribution >= 0.6 is 0 Å². The summed E-state index contributed by atoms with van der Waals surface area (Å²) in [6.07, 6.45) is 11.5. The number of morpholine rings is 1. The van der Waals surface area contributed by atoms with Gasteiger partial charge in [-0.15, -0.1) is 0 Å². The van der Waals surface area contributed by atoms with Crippen LogP contribution in [0.4, 0.5) is 0 Å². The Morgan fingerprint density at radius 3 is 2.76 bits per heavy atom. The van der Waals surface area contributed by atoms with Crippen molar-refractivity contribution in [2.45, 2.75) is 77.4 Å². The van der Waals surface area contributed by atoms with Crippen LogP contribution < -0.4 is 5.32 Å². The van der Waals surface area contributed by atoms with Gasteiger partial charge in [-0.1, -0.05) is 39.5 Å². The van der Waals surface area contributed by atoms with Gasteiger partial charge in [0.1, 0.15) is 0 Å². The Balaban J connectivity index is 1.50. The number of rotatable bonds is 9. The van der Waals surface area contributed by atoms with Crippen LogP contribution in [-0.2, 0) is 4.74 Å². The van der Waals surface area contributed by atoms with Crippen LogP contribution in [0.3, 0.4) is 0 Å². The summed E-state index contributed by atoms with van der Waals surface area (Å²) in [6, 6.07) is 0.736. The van der Waals surface area contributed by atoms with Gasteiger partial charge in [-0.2, -0.15) is 0 Å². The molecule has 1 aliphatic carbocycles. The molecule has 3 nitrogen and oxygen atoms in total. The summed E-state index contributed by atoms with van der Waals surface area (Å²) in [7, 11) is 0. The van der Waals surface area contributed by atoms with Crippen LogP contribution in [0.2, 0.25) is 0 Å². The second kappa shape index (κ2) is 9.81. The lowest BCUT2D eigenvalue weighted by Gasteiger charge is -2.43. The van der Waals surface area contributed by atoms with Gasteiger partial charge in [0, 0.05) is 12.6 Å². The summed E-state index contributed by atoms with van der Waals surface area (Å²) in [4.78, 5) is 2.73. The van der Waals surface area contributed by atoms with Gasteiger partial charge >= 0.3 is 0 Å². The van der Waals surface area contributed by atoms with E-state index in [1.165, 1.54) is 64.5 Å². The number of unbranched alkanes of at least 4 members (excludes halogenated alkanes) is 3.